The molecule has 0 unspecified atom stereocenters. The van der Waals surface area contributed by atoms with Crippen molar-refractivity contribution in [3.05, 3.63) is 29.3 Å². The molecule has 0 amide bonds. The first-order valence-corrected chi connectivity index (χ1v) is 4.96. The summed E-state index contributed by atoms with van der Waals surface area (Å²) in [5.74, 6) is 1.32. The van der Waals surface area contributed by atoms with Gasteiger partial charge in [0.2, 0.25) is 0 Å². The zero-order valence-corrected chi connectivity index (χ0v) is 8.17. The molecule has 2 aliphatic rings. The van der Waals surface area contributed by atoms with Crippen molar-refractivity contribution in [1.82, 2.24) is 0 Å². The second kappa shape index (κ2) is 2.38. The summed E-state index contributed by atoms with van der Waals surface area (Å²) in [5.41, 5.74) is 2.39. The second-order valence-electron chi connectivity index (χ2n) is 4.53. The molecule has 2 nitrogen and oxygen atoms in total. The van der Waals surface area contributed by atoms with Gasteiger partial charge in [0.15, 0.2) is 0 Å². The Morgan fingerprint density at radius 3 is 3.14 bits per heavy atom. The molecule has 1 aromatic rings. The minimum Gasteiger partial charge on any atom is -0.492 e. The highest BCUT2D eigenvalue weighted by Crippen LogP contribution is 2.45. The number of benzene rings is 1. The molecule has 72 valence electrons. The van der Waals surface area contributed by atoms with Crippen LogP contribution >= 0.6 is 0 Å². The van der Waals surface area contributed by atoms with Gasteiger partial charge in [-0.2, -0.15) is 0 Å². The molecule has 0 saturated heterocycles. The van der Waals surface area contributed by atoms with Gasteiger partial charge >= 0.3 is 0 Å². The minimum atomic E-state index is -0.0543. The zero-order chi connectivity index (χ0) is 9.76. The van der Waals surface area contributed by atoms with Gasteiger partial charge < -0.3 is 4.74 Å². The Balaban J connectivity index is 2.28. The molecule has 0 N–H and O–H groups in total. The van der Waals surface area contributed by atoms with Crippen LogP contribution < -0.4 is 4.74 Å². The van der Waals surface area contributed by atoms with Crippen LogP contribution in [0.5, 0.6) is 5.75 Å². The van der Waals surface area contributed by atoms with Crippen molar-refractivity contribution in [2.75, 3.05) is 6.61 Å². The summed E-state index contributed by atoms with van der Waals surface area (Å²) < 4.78 is 5.62. The highest BCUT2D eigenvalue weighted by Gasteiger charge is 2.42. The lowest BCUT2D eigenvalue weighted by atomic mass is 9.72. The molecule has 0 aromatic heterocycles. The van der Waals surface area contributed by atoms with E-state index >= 15 is 0 Å². The molecule has 2 heteroatoms. The third-order valence-corrected chi connectivity index (χ3v) is 3.24. The van der Waals surface area contributed by atoms with Gasteiger partial charge in [-0.3, -0.25) is 4.79 Å². The fourth-order valence-corrected chi connectivity index (χ4v) is 2.69. The first-order valence-electron chi connectivity index (χ1n) is 4.96. The van der Waals surface area contributed by atoms with Crippen LogP contribution in [-0.4, -0.2) is 12.4 Å². The highest BCUT2D eigenvalue weighted by molar-refractivity contribution is 5.86. The second-order valence-corrected chi connectivity index (χ2v) is 4.53. The van der Waals surface area contributed by atoms with E-state index in [9.17, 15) is 4.79 Å². The number of ether oxygens (including phenoxy) is 1. The normalized spacial score (nSPS) is 28.5. The van der Waals surface area contributed by atoms with Gasteiger partial charge in [-0.05, 0) is 11.6 Å². The molecule has 0 radical (unpaired) electrons. The molecule has 14 heavy (non-hydrogen) atoms. The summed E-state index contributed by atoms with van der Waals surface area (Å²) in [6, 6.07) is 6.02. The van der Waals surface area contributed by atoms with Crippen LogP contribution in [-0.2, 0) is 16.6 Å². The summed E-state index contributed by atoms with van der Waals surface area (Å²) >= 11 is 0. The number of ketones is 1. The van der Waals surface area contributed by atoms with E-state index in [1.54, 1.807) is 0 Å². The molecule has 0 spiro atoms. The zero-order valence-electron chi connectivity index (χ0n) is 8.17. The maximum absolute atomic E-state index is 11.6. The quantitative estimate of drug-likeness (QED) is 0.621. The average Bonchev–Trinajstić information content (AvgIpc) is 2.45. The van der Waals surface area contributed by atoms with Crippen molar-refractivity contribution in [2.45, 2.75) is 25.2 Å². The van der Waals surface area contributed by atoms with Gasteiger partial charge in [0.1, 0.15) is 11.5 Å². The third-order valence-electron chi connectivity index (χ3n) is 3.24. The van der Waals surface area contributed by atoms with Crippen molar-refractivity contribution in [3.8, 4) is 5.75 Å². The van der Waals surface area contributed by atoms with Gasteiger partial charge in [0.05, 0.1) is 6.61 Å². The summed E-state index contributed by atoms with van der Waals surface area (Å²) in [7, 11) is 0. The van der Waals surface area contributed by atoms with E-state index < -0.39 is 0 Å². The number of Topliss-reactive ketones (excluding diaryl/α,β-unsaturated/α-hetero) is 1. The number of rotatable bonds is 0. The van der Waals surface area contributed by atoms with E-state index in [0.29, 0.717) is 25.2 Å². The maximum Gasteiger partial charge on any atom is 0.138 e. The van der Waals surface area contributed by atoms with Crippen molar-refractivity contribution in [3.63, 3.8) is 0 Å². The fourth-order valence-electron chi connectivity index (χ4n) is 2.69. The van der Waals surface area contributed by atoms with Crippen LogP contribution in [0.4, 0.5) is 0 Å². The highest BCUT2D eigenvalue weighted by atomic mass is 16.5. The SMILES string of the molecule is C[C@]12COc3cccc(c31)CC(=O)C2. The predicted octanol–water partition coefficient (Wildman–Crippen LogP) is 1.85. The van der Waals surface area contributed by atoms with E-state index in [2.05, 4.69) is 6.92 Å². The Hall–Kier alpha value is -1.31. The lowest BCUT2D eigenvalue weighted by molar-refractivity contribution is -0.120. The van der Waals surface area contributed by atoms with Gasteiger partial charge in [-0.25, -0.2) is 0 Å². The third kappa shape index (κ3) is 0.884. The minimum absolute atomic E-state index is 0.0543. The Bertz CT molecular complexity index is 422. The molecule has 1 aromatic carbocycles. The van der Waals surface area contributed by atoms with Crippen LogP contribution in [0.2, 0.25) is 0 Å². The molecule has 1 atom stereocenters. The van der Waals surface area contributed by atoms with Crippen molar-refractivity contribution >= 4 is 5.78 Å². The predicted molar refractivity (Wildman–Crippen MR) is 52.6 cm³/mol. The fraction of sp³-hybridized carbons (Fsp3) is 0.417. The summed E-state index contributed by atoms with van der Waals surface area (Å²) in [5, 5.41) is 0. The van der Waals surface area contributed by atoms with Crippen LogP contribution in [0, 0.1) is 0 Å². The Morgan fingerprint density at radius 2 is 2.29 bits per heavy atom. The van der Waals surface area contributed by atoms with Gasteiger partial charge in [-0.1, -0.05) is 19.1 Å². The van der Waals surface area contributed by atoms with E-state index in [1.165, 1.54) is 11.1 Å². The van der Waals surface area contributed by atoms with Crippen molar-refractivity contribution < 1.29 is 9.53 Å². The van der Waals surface area contributed by atoms with E-state index in [-0.39, 0.29) is 5.41 Å². The Labute approximate surface area is 82.9 Å². The van der Waals surface area contributed by atoms with Gasteiger partial charge in [0.25, 0.3) is 0 Å². The summed E-state index contributed by atoms with van der Waals surface area (Å²) in [6.45, 7) is 2.78. The first kappa shape index (κ1) is 8.04. The monoisotopic (exact) mass is 188 g/mol. The number of carbonyl (C=O) groups is 1. The topological polar surface area (TPSA) is 26.3 Å². The number of hydrogen-bond donors (Lipinski definition) is 0. The van der Waals surface area contributed by atoms with Crippen molar-refractivity contribution in [1.29, 1.82) is 0 Å². The summed E-state index contributed by atoms with van der Waals surface area (Å²) in [6.07, 6.45) is 1.22. The number of carbonyl (C=O) groups excluding carboxylic acids is 1. The molecule has 0 bridgehead atoms. The van der Waals surface area contributed by atoms with E-state index in [4.69, 9.17) is 4.74 Å². The lowest BCUT2D eigenvalue weighted by Crippen LogP contribution is -2.33. The molecule has 0 saturated carbocycles. The molecule has 0 fully saturated rings. The molecule has 1 heterocycles. The smallest absolute Gasteiger partial charge is 0.138 e. The van der Waals surface area contributed by atoms with E-state index in [1.807, 2.05) is 18.2 Å². The Morgan fingerprint density at radius 1 is 1.43 bits per heavy atom. The first-order chi connectivity index (χ1) is 6.69. The maximum atomic E-state index is 11.6. The molecular formula is C12H12O2. The average molecular weight is 188 g/mol. The van der Waals surface area contributed by atoms with Crippen molar-refractivity contribution in [2.24, 2.45) is 0 Å². The summed E-state index contributed by atoms with van der Waals surface area (Å²) in [4.78, 5) is 11.6. The lowest BCUT2D eigenvalue weighted by Gasteiger charge is -2.28. The largest absolute Gasteiger partial charge is 0.492 e. The molecule has 3 rings (SSSR count). The van der Waals surface area contributed by atoms with Crippen LogP contribution in [0.15, 0.2) is 18.2 Å². The molecule has 1 aliphatic carbocycles. The van der Waals surface area contributed by atoms with Gasteiger partial charge in [0, 0.05) is 23.8 Å². The van der Waals surface area contributed by atoms with Crippen LogP contribution in [0.3, 0.4) is 0 Å². The Kier molecular flexibility index (Phi) is 1.37. The molecular weight excluding hydrogens is 176 g/mol. The van der Waals surface area contributed by atoms with E-state index in [0.717, 1.165) is 5.75 Å². The number of hydrogen-bond acceptors (Lipinski definition) is 2. The van der Waals surface area contributed by atoms with Crippen LogP contribution in [0.1, 0.15) is 24.5 Å². The van der Waals surface area contributed by atoms with Crippen LogP contribution in [0.25, 0.3) is 0 Å². The van der Waals surface area contributed by atoms with Gasteiger partial charge in [-0.15, -0.1) is 0 Å². The standard InChI is InChI=1S/C12H12O2/c1-12-6-9(13)5-8-3-2-4-10(11(8)12)14-7-12/h2-4H,5-7H2,1H3/t12-/m0/s1. The molecule has 1 aliphatic heterocycles.